The quantitative estimate of drug-likeness (QED) is 0.803. The average molecular weight is 280 g/mol. The van der Waals surface area contributed by atoms with Crippen molar-refractivity contribution in [1.29, 1.82) is 0 Å². The molecule has 11 heavy (non-hydrogen) atoms. The highest BCUT2D eigenvalue weighted by Gasteiger charge is 2.03. The number of aromatic nitrogens is 1. The van der Waals surface area contributed by atoms with E-state index >= 15 is 0 Å². The molecule has 0 aliphatic carbocycles. The molecule has 0 atom stereocenters. The van der Waals surface area contributed by atoms with Gasteiger partial charge in [0.05, 0.1) is 5.69 Å². The molecular formula is C7H8Br2N2. The lowest BCUT2D eigenvalue weighted by molar-refractivity contribution is 1.07. The fourth-order valence-electron chi connectivity index (χ4n) is 0.777. The third kappa shape index (κ3) is 1.93. The number of rotatable bonds is 1. The molecule has 4 heteroatoms. The van der Waals surface area contributed by atoms with Crippen LogP contribution in [0.5, 0.6) is 0 Å². The maximum atomic E-state index is 5.63. The van der Waals surface area contributed by atoms with Crippen LogP contribution >= 0.6 is 31.9 Å². The molecule has 0 aliphatic heterocycles. The van der Waals surface area contributed by atoms with E-state index in [1.165, 1.54) is 0 Å². The molecule has 1 heterocycles. The molecule has 1 aromatic rings. The van der Waals surface area contributed by atoms with Crippen LogP contribution in [0.15, 0.2) is 15.3 Å². The van der Waals surface area contributed by atoms with Crippen LogP contribution in [0.1, 0.15) is 12.5 Å². The van der Waals surface area contributed by atoms with E-state index in [9.17, 15) is 0 Å². The first kappa shape index (κ1) is 9.00. The van der Waals surface area contributed by atoms with Crippen molar-refractivity contribution in [3.8, 4) is 0 Å². The summed E-state index contributed by atoms with van der Waals surface area (Å²) in [6.07, 6.45) is 0.936. The summed E-state index contributed by atoms with van der Waals surface area (Å²) in [6.45, 7) is 2.06. The maximum absolute atomic E-state index is 5.63. The van der Waals surface area contributed by atoms with E-state index < -0.39 is 0 Å². The Morgan fingerprint density at radius 2 is 2.09 bits per heavy atom. The summed E-state index contributed by atoms with van der Waals surface area (Å²) >= 11 is 6.59. The van der Waals surface area contributed by atoms with Crippen molar-refractivity contribution in [3.63, 3.8) is 0 Å². The van der Waals surface area contributed by atoms with Crippen molar-refractivity contribution in [1.82, 2.24) is 4.98 Å². The van der Waals surface area contributed by atoms with Gasteiger partial charge in [0.2, 0.25) is 0 Å². The number of anilines is 1. The van der Waals surface area contributed by atoms with Gasteiger partial charge in [0.25, 0.3) is 0 Å². The largest absolute Gasteiger partial charge is 0.397 e. The third-order valence-corrected chi connectivity index (χ3v) is 2.73. The van der Waals surface area contributed by atoms with Crippen LogP contribution in [0, 0.1) is 0 Å². The van der Waals surface area contributed by atoms with Gasteiger partial charge in [-0.1, -0.05) is 6.92 Å². The van der Waals surface area contributed by atoms with Gasteiger partial charge in [-0.25, -0.2) is 4.98 Å². The zero-order chi connectivity index (χ0) is 8.43. The predicted molar refractivity (Wildman–Crippen MR) is 53.4 cm³/mol. The lowest BCUT2D eigenvalue weighted by atomic mass is 10.2. The fraction of sp³-hybridized carbons (Fsp3) is 0.286. The van der Waals surface area contributed by atoms with Crippen molar-refractivity contribution in [2.45, 2.75) is 13.3 Å². The van der Waals surface area contributed by atoms with Crippen molar-refractivity contribution < 1.29 is 0 Å². The van der Waals surface area contributed by atoms with Gasteiger partial charge < -0.3 is 5.73 Å². The van der Waals surface area contributed by atoms with E-state index in [0.29, 0.717) is 10.3 Å². The molecule has 60 valence electrons. The van der Waals surface area contributed by atoms with Crippen LogP contribution in [0.4, 0.5) is 5.69 Å². The minimum absolute atomic E-state index is 0.685. The molecule has 0 bridgehead atoms. The highest BCUT2D eigenvalue weighted by molar-refractivity contribution is 9.11. The standard InChI is InChI=1S/C7H8Br2N2/c1-2-4-3-5(10)7(9)11-6(4)8/h3H,2,10H2,1H3. The van der Waals surface area contributed by atoms with E-state index in [0.717, 1.165) is 16.6 Å². The van der Waals surface area contributed by atoms with Gasteiger partial charge in [0.1, 0.15) is 9.21 Å². The van der Waals surface area contributed by atoms with E-state index in [-0.39, 0.29) is 0 Å². The number of aryl methyl sites for hydroxylation is 1. The summed E-state index contributed by atoms with van der Waals surface area (Å²) in [4.78, 5) is 4.15. The molecule has 0 aromatic carbocycles. The minimum atomic E-state index is 0.685. The van der Waals surface area contributed by atoms with Crippen molar-refractivity contribution in [3.05, 3.63) is 20.8 Å². The Labute approximate surface area is 82.5 Å². The highest BCUT2D eigenvalue weighted by atomic mass is 79.9. The number of pyridine rings is 1. The first-order valence-corrected chi connectivity index (χ1v) is 4.84. The Bertz CT molecular complexity index is 273. The molecule has 1 rings (SSSR count). The van der Waals surface area contributed by atoms with Crippen LogP contribution in [0.3, 0.4) is 0 Å². The van der Waals surface area contributed by atoms with Gasteiger partial charge in [0.15, 0.2) is 0 Å². The van der Waals surface area contributed by atoms with Gasteiger partial charge in [-0.15, -0.1) is 0 Å². The zero-order valence-corrected chi connectivity index (χ0v) is 9.24. The third-order valence-electron chi connectivity index (χ3n) is 1.41. The molecule has 2 nitrogen and oxygen atoms in total. The molecule has 0 unspecified atom stereocenters. The number of hydrogen-bond acceptors (Lipinski definition) is 2. The zero-order valence-electron chi connectivity index (χ0n) is 6.06. The number of nitrogen functional groups attached to an aromatic ring is 1. The van der Waals surface area contributed by atoms with Crippen LogP contribution in [0.25, 0.3) is 0 Å². The Balaban J connectivity index is 3.21. The summed E-state index contributed by atoms with van der Waals surface area (Å²) in [7, 11) is 0. The Morgan fingerprint density at radius 1 is 1.45 bits per heavy atom. The van der Waals surface area contributed by atoms with Gasteiger partial charge in [-0.2, -0.15) is 0 Å². The summed E-state index contributed by atoms with van der Waals surface area (Å²) in [5, 5.41) is 0. The number of nitrogens with two attached hydrogens (primary N) is 1. The summed E-state index contributed by atoms with van der Waals surface area (Å²) in [5.74, 6) is 0. The molecule has 0 aliphatic rings. The second-order valence-electron chi connectivity index (χ2n) is 2.17. The number of halogens is 2. The summed E-state index contributed by atoms with van der Waals surface area (Å²) in [6, 6.07) is 1.92. The Morgan fingerprint density at radius 3 is 2.64 bits per heavy atom. The smallest absolute Gasteiger partial charge is 0.130 e. The van der Waals surface area contributed by atoms with E-state index in [2.05, 4.69) is 43.8 Å². The molecule has 0 radical (unpaired) electrons. The number of nitrogens with zero attached hydrogens (tertiary/aromatic N) is 1. The maximum Gasteiger partial charge on any atom is 0.130 e. The second-order valence-corrected chi connectivity index (χ2v) is 3.67. The lowest BCUT2D eigenvalue weighted by Crippen LogP contribution is -1.94. The summed E-state index contributed by atoms with van der Waals surface area (Å²) in [5.41, 5.74) is 7.45. The molecule has 2 N–H and O–H groups in total. The van der Waals surface area contributed by atoms with Crippen LogP contribution < -0.4 is 5.73 Å². The van der Waals surface area contributed by atoms with Gasteiger partial charge in [-0.3, -0.25) is 0 Å². The van der Waals surface area contributed by atoms with E-state index in [1.807, 2.05) is 6.07 Å². The van der Waals surface area contributed by atoms with Crippen molar-refractivity contribution in [2.24, 2.45) is 0 Å². The van der Waals surface area contributed by atoms with Crippen LogP contribution in [-0.4, -0.2) is 4.98 Å². The van der Waals surface area contributed by atoms with Crippen molar-refractivity contribution >= 4 is 37.5 Å². The molecular weight excluding hydrogens is 272 g/mol. The normalized spacial score (nSPS) is 10.1. The van der Waals surface area contributed by atoms with Gasteiger partial charge in [-0.05, 0) is 49.9 Å². The number of hydrogen-bond donors (Lipinski definition) is 1. The van der Waals surface area contributed by atoms with Gasteiger partial charge >= 0.3 is 0 Å². The topological polar surface area (TPSA) is 38.9 Å². The molecule has 0 amide bonds. The molecule has 0 saturated heterocycles. The summed E-state index contributed by atoms with van der Waals surface area (Å²) < 4.78 is 1.56. The van der Waals surface area contributed by atoms with Gasteiger partial charge in [0, 0.05) is 0 Å². The van der Waals surface area contributed by atoms with Crippen LogP contribution in [-0.2, 0) is 6.42 Å². The first-order chi connectivity index (χ1) is 5.15. The SMILES string of the molecule is CCc1cc(N)c(Br)nc1Br. The first-order valence-electron chi connectivity index (χ1n) is 3.25. The fourth-order valence-corrected chi connectivity index (χ4v) is 1.88. The highest BCUT2D eigenvalue weighted by Crippen LogP contribution is 2.23. The van der Waals surface area contributed by atoms with E-state index in [1.54, 1.807) is 0 Å². The Kier molecular flexibility index (Phi) is 2.90. The molecule has 0 saturated carbocycles. The van der Waals surface area contributed by atoms with Crippen molar-refractivity contribution in [2.75, 3.05) is 5.73 Å². The molecule has 0 fully saturated rings. The monoisotopic (exact) mass is 278 g/mol. The van der Waals surface area contributed by atoms with E-state index in [4.69, 9.17) is 5.73 Å². The minimum Gasteiger partial charge on any atom is -0.397 e. The van der Waals surface area contributed by atoms with Crippen LogP contribution in [0.2, 0.25) is 0 Å². The predicted octanol–water partition coefficient (Wildman–Crippen LogP) is 2.75. The lowest BCUT2D eigenvalue weighted by Gasteiger charge is -2.03. The molecule has 0 spiro atoms. The second kappa shape index (κ2) is 3.54. The Hall–Kier alpha value is -0.0900. The molecule has 1 aromatic heterocycles. The average Bonchev–Trinajstić information content (AvgIpc) is 1.97.